The smallest absolute Gasteiger partial charge is 0.184 e. The van der Waals surface area contributed by atoms with Gasteiger partial charge in [0.1, 0.15) is 12.2 Å². The molecule has 4 heteroatoms. The highest BCUT2D eigenvalue weighted by atomic mass is 16.8. The molecule has 0 spiro atoms. The van der Waals surface area contributed by atoms with Crippen LogP contribution < -0.4 is 0 Å². The normalized spacial score (nSPS) is 37.5. The van der Waals surface area contributed by atoms with E-state index in [2.05, 4.69) is 19.1 Å². The van der Waals surface area contributed by atoms with Crippen molar-refractivity contribution >= 4 is 0 Å². The van der Waals surface area contributed by atoms with E-state index in [9.17, 15) is 0 Å². The van der Waals surface area contributed by atoms with Gasteiger partial charge in [-0.05, 0) is 12.5 Å². The SMILES string of the molecule is CO[C@@H]1C[C@](C)(OCc2ccccc2)[C@H]2CO[C@@H]1O2. The fourth-order valence-electron chi connectivity index (χ4n) is 2.73. The monoisotopic (exact) mass is 264 g/mol. The van der Waals surface area contributed by atoms with E-state index in [4.69, 9.17) is 18.9 Å². The molecule has 1 aromatic carbocycles. The Kier molecular flexibility index (Phi) is 3.58. The molecule has 2 aliphatic rings. The van der Waals surface area contributed by atoms with Gasteiger partial charge in [0.25, 0.3) is 0 Å². The Bertz CT molecular complexity index is 421. The topological polar surface area (TPSA) is 36.9 Å². The van der Waals surface area contributed by atoms with Crippen LogP contribution in [0.2, 0.25) is 0 Å². The number of benzene rings is 1. The van der Waals surface area contributed by atoms with Crippen molar-refractivity contribution in [1.29, 1.82) is 0 Å². The van der Waals surface area contributed by atoms with Gasteiger partial charge in [0, 0.05) is 13.5 Å². The Hall–Kier alpha value is -0.940. The summed E-state index contributed by atoms with van der Waals surface area (Å²) >= 11 is 0. The molecule has 0 aromatic heterocycles. The third-order valence-electron chi connectivity index (χ3n) is 4.02. The van der Waals surface area contributed by atoms with Gasteiger partial charge in [0.05, 0.1) is 18.8 Å². The molecule has 0 aliphatic carbocycles. The molecule has 104 valence electrons. The second kappa shape index (κ2) is 5.21. The minimum atomic E-state index is -0.358. The van der Waals surface area contributed by atoms with Gasteiger partial charge in [0.15, 0.2) is 6.29 Å². The molecule has 2 saturated heterocycles. The van der Waals surface area contributed by atoms with E-state index in [1.165, 1.54) is 5.56 Å². The van der Waals surface area contributed by atoms with Crippen molar-refractivity contribution in [2.24, 2.45) is 0 Å². The van der Waals surface area contributed by atoms with Crippen LogP contribution in [-0.2, 0) is 25.6 Å². The van der Waals surface area contributed by atoms with Crippen LogP contribution in [0.4, 0.5) is 0 Å². The number of hydrogen-bond acceptors (Lipinski definition) is 4. The molecule has 2 fully saturated rings. The number of hydrogen-bond donors (Lipinski definition) is 0. The zero-order chi connectivity index (χ0) is 13.3. The van der Waals surface area contributed by atoms with Gasteiger partial charge in [-0.2, -0.15) is 0 Å². The van der Waals surface area contributed by atoms with Crippen molar-refractivity contribution < 1.29 is 18.9 Å². The number of methoxy groups -OCH3 is 1. The third-order valence-corrected chi connectivity index (χ3v) is 4.02. The molecule has 4 atom stereocenters. The van der Waals surface area contributed by atoms with Crippen LogP contribution in [0.5, 0.6) is 0 Å². The van der Waals surface area contributed by atoms with Crippen LogP contribution >= 0.6 is 0 Å². The van der Waals surface area contributed by atoms with Crippen LogP contribution in [0.1, 0.15) is 18.9 Å². The van der Waals surface area contributed by atoms with Crippen LogP contribution in [0.3, 0.4) is 0 Å². The quantitative estimate of drug-likeness (QED) is 0.834. The summed E-state index contributed by atoms with van der Waals surface area (Å²) in [5, 5.41) is 0. The molecular weight excluding hydrogens is 244 g/mol. The van der Waals surface area contributed by atoms with Gasteiger partial charge >= 0.3 is 0 Å². The maximum Gasteiger partial charge on any atom is 0.184 e. The van der Waals surface area contributed by atoms with Crippen LogP contribution in [-0.4, -0.2) is 37.8 Å². The second-order valence-electron chi connectivity index (χ2n) is 5.39. The molecule has 2 bridgehead atoms. The first-order valence-electron chi connectivity index (χ1n) is 6.69. The minimum Gasteiger partial charge on any atom is -0.376 e. The van der Waals surface area contributed by atoms with E-state index in [1.807, 2.05) is 18.2 Å². The van der Waals surface area contributed by atoms with Crippen molar-refractivity contribution in [3.8, 4) is 0 Å². The van der Waals surface area contributed by atoms with Crippen molar-refractivity contribution in [2.75, 3.05) is 13.7 Å². The molecule has 1 aromatic rings. The van der Waals surface area contributed by atoms with Gasteiger partial charge in [-0.25, -0.2) is 0 Å². The summed E-state index contributed by atoms with van der Waals surface area (Å²) in [5.41, 5.74) is 0.808. The summed E-state index contributed by atoms with van der Waals surface area (Å²) in [7, 11) is 1.69. The number of rotatable bonds is 4. The first-order chi connectivity index (χ1) is 9.21. The summed E-state index contributed by atoms with van der Waals surface area (Å²) in [6, 6.07) is 10.2. The molecule has 2 aliphatic heterocycles. The number of ether oxygens (including phenoxy) is 4. The summed E-state index contributed by atoms with van der Waals surface area (Å²) in [5.74, 6) is 0. The number of fused-ring (bicyclic) bond motifs is 2. The zero-order valence-electron chi connectivity index (χ0n) is 11.4. The molecule has 0 amide bonds. The highest BCUT2D eigenvalue weighted by Gasteiger charge is 2.51. The Morgan fingerprint density at radius 1 is 1.32 bits per heavy atom. The summed E-state index contributed by atoms with van der Waals surface area (Å²) in [6.45, 7) is 3.24. The van der Waals surface area contributed by atoms with Gasteiger partial charge in [-0.15, -0.1) is 0 Å². The third kappa shape index (κ3) is 2.54. The molecule has 0 unspecified atom stereocenters. The molecule has 19 heavy (non-hydrogen) atoms. The predicted molar refractivity (Wildman–Crippen MR) is 69.7 cm³/mol. The van der Waals surface area contributed by atoms with Gasteiger partial charge in [-0.1, -0.05) is 30.3 Å². The lowest BCUT2D eigenvalue weighted by molar-refractivity contribution is -0.233. The van der Waals surface area contributed by atoms with Crippen LogP contribution in [0.25, 0.3) is 0 Å². The zero-order valence-corrected chi connectivity index (χ0v) is 11.4. The largest absolute Gasteiger partial charge is 0.376 e. The molecule has 0 saturated carbocycles. The van der Waals surface area contributed by atoms with E-state index < -0.39 is 0 Å². The maximum atomic E-state index is 6.13. The van der Waals surface area contributed by atoms with E-state index in [1.54, 1.807) is 7.11 Å². The van der Waals surface area contributed by atoms with Crippen molar-refractivity contribution in [2.45, 2.75) is 44.1 Å². The first kappa shape index (κ1) is 13.1. The lowest BCUT2D eigenvalue weighted by Crippen LogP contribution is -2.52. The van der Waals surface area contributed by atoms with Gasteiger partial charge in [-0.3, -0.25) is 0 Å². The molecule has 0 N–H and O–H groups in total. The summed E-state index contributed by atoms with van der Waals surface area (Å²) < 4.78 is 23.0. The average molecular weight is 264 g/mol. The van der Waals surface area contributed by atoms with Crippen molar-refractivity contribution in [3.63, 3.8) is 0 Å². The van der Waals surface area contributed by atoms with Gasteiger partial charge in [0.2, 0.25) is 0 Å². The minimum absolute atomic E-state index is 0.00684. The second-order valence-corrected chi connectivity index (χ2v) is 5.39. The van der Waals surface area contributed by atoms with Crippen LogP contribution in [0.15, 0.2) is 30.3 Å². The van der Waals surface area contributed by atoms with Gasteiger partial charge < -0.3 is 18.9 Å². The molecule has 2 heterocycles. The first-order valence-corrected chi connectivity index (χ1v) is 6.69. The molecule has 0 radical (unpaired) electrons. The summed E-state index contributed by atoms with van der Waals surface area (Å²) in [4.78, 5) is 0. The van der Waals surface area contributed by atoms with Crippen LogP contribution in [0, 0.1) is 0 Å². The maximum absolute atomic E-state index is 6.13. The Morgan fingerprint density at radius 2 is 2.11 bits per heavy atom. The van der Waals surface area contributed by atoms with E-state index >= 15 is 0 Å². The standard InChI is InChI=1S/C15H20O4/c1-15(18-9-11-6-4-3-5-7-11)8-12(16-2)14-17-10-13(15)19-14/h3-7,12-14H,8-10H2,1-2H3/t12-,13-,14-,15+/m1/s1. The Labute approximate surface area is 113 Å². The van der Waals surface area contributed by atoms with Crippen molar-refractivity contribution in [1.82, 2.24) is 0 Å². The highest BCUT2D eigenvalue weighted by molar-refractivity contribution is 5.13. The fraction of sp³-hybridized carbons (Fsp3) is 0.600. The van der Waals surface area contributed by atoms with Crippen molar-refractivity contribution in [3.05, 3.63) is 35.9 Å². The Balaban J connectivity index is 1.68. The lowest BCUT2D eigenvalue weighted by Gasteiger charge is -2.41. The average Bonchev–Trinajstić information content (AvgIpc) is 2.90. The fourth-order valence-corrected chi connectivity index (χ4v) is 2.73. The van der Waals surface area contributed by atoms with E-state index in [0.717, 1.165) is 6.42 Å². The molecule has 4 nitrogen and oxygen atoms in total. The molecule has 3 rings (SSSR count). The van der Waals surface area contributed by atoms with E-state index in [0.29, 0.717) is 13.2 Å². The van der Waals surface area contributed by atoms with E-state index in [-0.39, 0.29) is 24.1 Å². The highest BCUT2D eigenvalue weighted by Crippen LogP contribution is 2.38. The summed E-state index contributed by atoms with van der Waals surface area (Å²) in [6.07, 6.45) is 0.501. The molecular formula is C15H20O4. The predicted octanol–water partition coefficient (Wildman–Crippen LogP) is 2.12. The lowest BCUT2D eigenvalue weighted by atomic mass is 9.90. The Morgan fingerprint density at radius 3 is 2.84 bits per heavy atom.